The van der Waals surface area contributed by atoms with Crippen molar-refractivity contribution in [3.8, 4) is 0 Å². The van der Waals surface area contributed by atoms with Crippen LogP contribution in [0.15, 0.2) is 0 Å². The number of unbranched alkanes of at least 4 members (excludes halogenated alkanes) is 2. The molecule has 4 heteroatoms. The van der Waals surface area contributed by atoms with Gasteiger partial charge in [0.2, 0.25) is 5.91 Å². The van der Waals surface area contributed by atoms with Crippen molar-refractivity contribution >= 4 is 11.9 Å². The lowest BCUT2D eigenvalue weighted by Crippen LogP contribution is -2.27. The minimum absolute atomic E-state index is 0. The molecule has 0 aliphatic carbocycles. The minimum atomic E-state index is -0.240. The second-order valence-electron chi connectivity index (χ2n) is 4.47. The molecule has 19 heavy (non-hydrogen) atoms. The highest BCUT2D eigenvalue weighted by Crippen LogP contribution is 2.02. The Hall–Kier alpha value is -1.06. The Morgan fingerprint density at radius 1 is 1.16 bits per heavy atom. The van der Waals surface area contributed by atoms with E-state index in [1.54, 1.807) is 0 Å². The Morgan fingerprint density at radius 3 is 2.32 bits per heavy atom. The summed E-state index contributed by atoms with van der Waals surface area (Å²) in [6, 6.07) is 0. The zero-order valence-electron chi connectivity index (χ0n) is 11.3. The van der Waals surface area contributed by atoms with E-state index in [0.29, 0.717) is 18.9 Å². The molecule has 0 aromatic rings. The number of nitrogens with one attached hydrogen (secondary N) is 1. The Bertz CT molecular complexity index is 229. The van der Waals surface area contributed by atoms with Gasteiger partial charge in [-0.3, -0.25) is 9.59 Å². The largest absolute Gasteiger partial charge is 0.466 e. The predicted molar refractivity (Wildman–Crippen MR) is 81.0 cm³/mol. The number of ether oxygens (including phenoxy) is 1. The SMILES string of the molecule is C.C.CCC(C)CNC(=O)CCCCCOC(C)=O. The molecule has 0 aromatic heterocycles. The van der Waals surface area contributed by atoms with Crippen molar-refractivity contribution in [3.63, 3.8) is 0 Å². The van der Waals surface area contributed by atoms with Crippen LogP contribution in [-0.2, 0) is 14.3 Å². The smallest absolute Gasteiger partial charge is 0.302 e. The summed E-state index contributed by atoms with van der Waals surface area (Å²) < 4.78 is 4.80. The average molecular weight is 275 g/mol. The third-order valence-corrected chi connectivity index (χ3v) is 2.70. The van der Waals surface area contributed by atoms with Crippen LogP contribution in [0.4, 0.5) is 0 Å². The van der Waals surface area contributed by atoms with Gasteiger partial charge in [-0.25, -0.2) is 0 Å². The molecular formula is C15H33NO3. The van der Waals surface area contributed by atoms with E-state index >= 15 is 0 Å². The average Bonchev–Trinajstić information content (AvgIpc) is 2.30. The molecule has 0 saturated heterocycles. The molecule has 1 unspecified atom stereocenters. The first-order valence-corrected chi connectivity index (χ1v) is 6.46. The zero-order valence-corrected chi connectivity index (χ0v) is 11.3. The van der Waals surface area contributed by atoms with E-state index in [0.717, 1.165) is 32.2 Å². The second kappa shape index (κ2) is 15.0. The highest BCUT2D eigenvalue weighted by atomic mass is 16.5. The van der Waals surface area contributed by atoms with Gasteiger partial charge in [-0.1, -0.05) is 35.1 Å². The molecular weight excluding hydrogens is 242 g/mol. The fourth-order valence-electron chi connectivity index (χ4n) is 1.30. The van der Waals surface area contributed by atoms with Gasteiger partial charge in [0.25, 0.3) is 0 Å². The highest BCUT2D eigenvalue weighted by molar-refractivity contribution is 5.75. The van der Waals surface area contributed by atoms with Crippen LogP contribution in [0.2, 0.25) is 0 Å². The fourth-order valence-corrected chi connectivity index (χ4v) is 1.30. The van der Waals surface area contributed by atoms with Gasteiger partial charge in [0, 0.05) is 19.9 Å². The molecule has 0 aliphatic rings. The maximum atomic E-state index is 11.4. The molecule has 0 spiro atoms. The van der Waals surface area contributed by atoms with E-state index in [1.807, 2.05) is 0 Å². The molecule has 0 fully saturated rings. The van der Waals surface area contributed by atoms with Gasteiger partial charge < -0.3 is 10.1 Å². The first-order valence-electron chi connectivity index (χ1n) is 6.46. The summed E-state index contributed by atoms with van der Waals surface area (Å²) in [5.74, 6) is 0.428. The molecule has 116 valence electrons. The van der Waals surface area contributed by atoms with Crippen molar-refractivity contribution in [1.29, 1.82) is 0 Å². The van der Waals surface area contributed by atoms with Crippen LogP contribution in [0.3, 0.4) is 0 Å². The van der Waals surface area contributed by atoms with E-state index in [9.17, 15) is 9.59 Å². The standard InChI is InChI=1S/C13H25NO3.2CH4/c1-4-11(2)10-14-13(16)8-6-5-7-9-17-12(3)15;;/h11H,4-10H2,1-3H3,(H,14,16);2*1H4. The fraction of sp³-hybridized carbons (Fsp3) is 0.867. The zero-order chi connectivity index (χ0) is 13.1. The molecule has 0 rings (SSSR count). The van der Waals surface area contributed by atoms with Crippen molar-refractivity contribution in [1.82, 2.24) is 5.32 Å². The number of amides is 1. The Balaban J connectivity index is -0.00000128. The van der Waals surface area contributed by atoms with Crippen molar-refractivity contribution in [2.45, 2.75) is 67.7 Å². The number of hydrogen-bond donors (Lipinski definition) is 1. The molecule has 1 atom stereocenters. The number of carbonyl (C=O) groups is 2. The first-order chi connectivity index (χ1) is 8.06. The highest BCUT2D eigenvalue weighted by Gasteiger charge is 2.03. The van der Waals surface area contributed by atoms with Crippen LogP contribution < -0.4 is 5.32 Å². The summed E-state index contributed by atoms with van der Waals surface area (Å²) in [5.41, 5.74) is 0. The Kier molecular flexibility index (Phi) is 18.2. The molecule has 1 N–H and O–H groups in total. The van der Waals surface area contributed by atoms with Gasteiger partial charge in [-0.2, -0.15) is 0 Å². The molecule has 0 saturated carbocycles. The van der Waals surface area contributed by atoms with Crippen LogP contribution in [-0.4, -0.2) is 25.0 Å². The van der Waals surface area contributed by atoms with E-state index in [-0.39, 0.29) is 26.7 Å². The number of esters is 1. The summed E-state index contributed by atoms with van der Waals surface area (Å²) in [5, 5.41) is 2.92. The second-order valence-corrected chi connectivity index (χ2v) is 4.47. The van der Waals surface area contributed by atoms with Crippen molar-refractivity contribution < 1.29 is 14.3 Å². The lowest BCUT2D eigenvalue weighted by Gasteiger charge is -2.09. The minimum Gasteiger partial charge on any atom is -0.466 e. The summed E-state index contributed by atoms with van der Waals surface area (Å²) in [4.78, 5) is 21.9. The Labute approximate surface area is 119 Å². The quantitative estimate of drug-likeness (QED) is 0.517. The van der Waals surface area contributed by atoms with Crippen LogP contribution >= 0.6 is 0 Å². The number of rotatable bonds is 9. The van der Waals surface area contributed by atoms with Gasteiger partial charge >= 0.3 is 5.97 Å². The maximum absolute atomic E-state index is 11.4. The van der Waals surface area contributed by atoms with Crippen molar-refractivity contribution in [2.24, 2.45) is 5.92 Å². The monoisotopic (exact) mass is 275 g/mol. The third-order valence-electron chi connectivity index (χ3n) is 2.70. The van der Waals surface area contributed by atoms with Crippen molar-refractivity contribution in [3.05, 3.63) is 0 Å². The Morgan fingerprint density at radius 2 is 1.79 bits per heavy atom. The molecule has 1 amide bonds. The van der Waals surface area contributed by atoms with E-state index in [1.165, 1.54) is 6.92 Å². The van der Waals surface area contributed by atoms with Crippen LogP contribution in [0.5, 0.6) is 0 Å². The first kappa shape index (κ1) is 23.1. The van der Waals surface area contributed by atoms with E-state index in [4.69, 9.17) is 4.74 Å². The third kappa shape index (κ3) is 16.9. The van der Waals surface area contributed by atoms with E-state index in [2.05, 4.69) is 19.2 Å². The summed E-state index contributed by atoms with van der Waals surface area (Å²) in [6.07, 6.45) is 4.26. The van der Waals surface area contributed by atoms with Gasteiger partial charge in [0.05, 0.1) is 6.61 Å². The van der Waals surface area contributed by atoms with Crippen LogP contribution in [0.25, 0.3) is 0 Å². The normalized spacial score (nSPS) is 10.7. The number of hydrogen-bond acceptors (Lipinski definition) is 3. The molecule has 4 nitrogen and oxygen atoms in total. The van der Waals surface area contributed by atoms with Gasteiger partial charge in [0.1, 0.15) is 0 Å². The molecule has 0 aromatic carbocycles. The lowest BCUT2D eigenvalue weighted by molar-refractivity contribution is -0.141. The van der Waals surface area contributed by atoms with Gasteiger partial charge in [0.15, 0.2) is 0 Å². The van der Waals surface area contributed by atoms with E-state index < -0.39 is 0 Å². The van der Waals surface area contributed by atoms with Crippen LogP contribution in [0, 0.1) is 5.92 Å². The van der Waals surface area contributed by atoms with Crippen LogP contribution in [0.1, 0.15) is 67.7 Å². The summed E-state index contributed by atoms with van der Waals surface area (Å²) >= 11 is 0. The summed E-state index contributed by atoms with van der Waals surface area (Å²) in [6.45, 7) is 6.88. The van der Waals surface area contributed by atoms with Gasteiger partial charge in [-0.15, -0.1) is 0 Å². The molecule has 0 heterocycles. The van der Waals surface area contributed by atoms with Crippen molar-refractivity contribution in [2.75, 3.05) is 13.2 Å². The lowest BCUT2D eigenvalue weighted by atomic mass is 10.1. The molecule has 0 bridgehead atoms. The number of carbonyl (C=O) groups excluding carboxylic acids is 2. The summed E-state index contributed by atoms with van der Waals surface area (Å²) in [7, 11) is 0. The molecule has 0 radical (unpaired) electrons. The predicted octanol–water partition coefficient (Wildman–Crippen LogP) is 3.54. The topological polar surface area (TPSA) is 55.4 Å². The van der Waals surface area contributed by atoms with Gasteiger partial charge in [-0.05, 0) is 25.2 Å². The molecule has 0 aliphatic heterocycles. The maximum Gasteiger partial charge on any atom is 0.302 e.